The second-order valence-electron chi connectivity index (χ2n) is 6.33. The monoisotopic (exact) mass is 385 g/mol. The Kier molecular flexibility index (Phi) is 5.38. The SMILES string of the molecule is COc1cccc2cc(C(=O)/C=C/c3ccccc3OCc3ccccn3)oc12. The van der Waals surface area contributed by atoms with Crippen molar-refractivity contribution in [3.63, 3.8) is 0 Å². The first-order valence-corrected chi connectivity index (χ1v) is 9.15. The smallest absolute Gasteiger partial charge is 0.221 e. The summed E-state index contributed by atoms with van der Waals surface area (Å²) in [6, 6.07) is 20.5. The molecule has 5 nitrogen and oxygen atoms in total. The molecule has 0 amide bonds. The maximum absolute atomic E-state index is 12.6. The topological polar surface area (TPSA) is 61.6 Å². The number of methoxy groups -OCH3 is 1. The molecular formula is C24H19NO4. The van der Waals surface area contributed by atoms with Crippen LogP contribution in [0, 0.1) is 0 Å². The number of ketones is 1. The number of para-hydroxylation sites is 2. The lowest BCUT2D eigenvalue weighted by atomic mass is 10.1. The van der Waals surface area contributed by atoms with E-state index < -0.39 is 0 Å². The molecule has 0 unspecified atom stereocenters. The molecule has 0 spiro atoms. The second kappa shape index (κ2) is 8.44. The van der Waals surface area contributed by atoms with Crippen molar-refractivity contribution < 1.29 is 18.7 Å². The Hall–Kier alpha value is -3.86. The molecule has 0 fully saturated rings. The van der Waals surface area contributed by atoms with Crippen LogP contribution in [0.5, 0.6) is 11.5 Å². The van der Waals surface area contributed by atoms with Crippen LogP contribution < -0.4 is 9.47 Å². The number of aromatic nitrogens is 1. The van der Waals surface area contributed by atoms with Gasteiger partial charge >= 0.3 is 0 Å². The fourth-order valence-corrected chi connectivity index (χ4v) is 2.95. The van der Waals surface area contributed by atoms with Crippen molar-refractivity contribution in [2.75, 3.05) is 7.11 Å². The molecule has 0 saturated carbocycles. The van der Waals surface area contributed by atoms with Gasteiger partial charge in [-0.15, -0.1) is 0 Å². The second-order valence-corrected chi connectivity index (χ2v) is 6.33. The van der Waals surface area contributed by atoms with Gasteiger partial charge in [0.2, 0.25) is 5.78 Å². The molecule has 0 N–H and O–H groups in total. The Morgan fingerprint density at radius 2 is 1.86 bits per heavy atom. The van der Waals surface area contributed by atoms with Crippen molar-refractivity contribution in [2.45, 2.75) is 6.61 Å². The Balaban J connectivity index is 1.52. The lowest BCUT2D eigenvalue weighted by molar-refractivity contribution is 0.102. The van der Waals surface area contributed by atoms with Crippen LogP contribution in [0.4, 0.5) is 0 Å². The van der Waals surface area contributed by atoms with Crippen molar-refractivity contribution in [1.82, 2.24) is 4.98 Å². The summed E-state index contributed by atoms with van der Waals surface area (Å²) in [5.74, 6) is 1.29. The summed E-state index contributed by atoms with van der Waals surface area (Å²) in [6.45, 7) is 0.350. The number of benzene rings is 2. The van der Waals surface area contributed by atoms with Crippen LogP contribution in [-0.2, 0) is 6.61 Å². The minimum atomic E-state index is -0.234. The minimum absolute atomic E-state index is 0.234. The molecule has 0 aliphatic carbocycles. The molecule has 0 atom stereocenters. The van der Waals surface area contributed by atoms with Crippen LogP contribution in [0.2, 0.25) is 0 Å². The van der Waals surface area contributed by atoms with E-state index in [-0.39, 0.29) is 11.5 Å². The summed E-state index contributed by atoms with van der Waals surface area (Å²) in [7, 11) is 1.57. The highest BCUT2D eigenvalue weighted by Gasteiger charge is 2.13. The van der Waals surface area contributed by atoms with Crippen LogP contribution in [0.25, 0.3) is 17.0 Å². The van der Waals surface area contributed by atoms with E-state index in [1.807, 2.05) is 54.6 Å². The Morgan fingerprint density at radius 1 is 1.03 bits per heavy atom. The highest BCUT2D eigenvalue weighted by atomic mass is 16.5. The van der Waals surface area contributed by atoms with Gasteiger partial charge in [-0.1, -0.05) is 36.4 Å². The number of fused-ring (bicyclic) bond motifs is 1. The van der Waals surface area contributed by atoms with Gasteiger partial charge < -0.3 is 13.9 Å². The van der Waals surface area contributed by atoms with Crippen molar-refractivity contribution in [2.24, 2.45) is 0 Å². The van der Waals surface area contributed by atoms with Gasteiger partial charge in [0, 0.05) is 17.1 Å². The summed E-state index contributed by atoms with van der Waals surface area (Å²) in [5.41, 5.74) is 2.19. The van der Waals surface area contributed by atoms with Gasteiger partial charge in [0.25, 0.3) is 0 Å². The van der Waals surface area contributed by atoms with E-state index in [1.165, 1.54) is 6.08 Å². The first kappa shape index (κ1) is 18.5. The van der Waals surface area contributed by atoms with Crippen LogP contribution in [0.15, 0.2) is 83.4 Å². The van der Waals surface area contributed by atoms with Crippen LogP contribution >= 0.6 is 0 Å². The lowest BCUT2D eigenvalue weighted by Gasteiger charge is -2.08. The van der Waals surface area contributed by atoms with Crippen molar-refractivity contribution in [3.05, 3.63) is 96.0 Å². The molecule has 2 heterocycles. The Morgan fingerprint density at radius 3 is 2.69 bits per heavy atom. The van der Waals surface area contributed by atoms with Gasteiger partial charge in [-0.2, -0.15) is 0 Å². The summed E-state index contributed by atoms with van der Waals surface area (Å²) in [4.78, 5) is 16.9. The number of pyridine rings is 1. The number of hydrogen-bond acceptors (Lipinski definition) is 5. The van der Waals surface area contributed by atoms with E-state index in [2.05, 4.69) is 4.98 Å². The molecule has 29 heavy (non-hydrogen) atoms. The van der Waals surface area contributed by atoms with Crippen LogP contribution in [0.3, 0.4) is 0 Å². The Labute approximate surface area is 168 Å². The minimum Gasteiger partial charge on any atom is -0.493 e. The predicted octanol–water partition coefficient (Wildman–Crippen LogP) is 5.31. The first-order chi connectivity index (χ1) is 14.2. The van der Waals surface area contributed by atoms with E-state index >= 15 is 0 Å². The normalized spacial score (nSPS) is 11.1. The molecule has 4 rings (SSSR count). The maximum atomic E-state index is 12.6. The van der Waals surface area contributed by atoms with Gasteiger partial charge in [-0.05, 0) is 42.5 Å². The number of furan rings is 1. The summed E-state index contributed by atoms with van der Waals surface area (Å²) in [5, 5.41) is 0.820. The molecule has 0 aliphatic rings. The molecule has 2 aromatic carbocycles. The molecule has 0 radical (unpaired) electrons. The largest absolute Gasteiger partial charge is 0.493 e. The van der Waals surface area contributed by atoms with E-state index in [4.69, 9.17) is 13.9 Å². The van der Waals surface area contributed by atoms with Gasteiger partial charge in [-0.25, -0.2) is 0 Å². The molecule has 5 heteroatoms. The number of allylic oxidation sites excluding steroid dienone is 1. The van der Waals surface area contributed by atoms with Crippen molar-refractivity contribution in [3.8, 4) is 11.5 Å². The van der Waals surface area contributed by atoms with Gasteiger partial charge in [-0.3, -0.25) is 9.78 Å². The van der Waals surface area contributed by atoms with Gasteiger partial charge in [0.1, 0.15) is 12.4 Å². The fraction of sp³-hybridized carbons (Fsp3) is 0.0833. The quantitative estimate of drug-likeness (QED) is 0.319. The fourth-order valence-electron chi connectivity index (χ4n) is 2.95. The summed E-state index contributed by atoms with van der Waals surface area (Å²) in [6.07, 6.45) is 4.93. The van der Waals surface area contributed by atoms with Crippen LogP contribution in [-0.4, -0.2) is 17.9 Å². The predicted molar refractivity (Wildman–Crippen MR) is 111 cm³/mol. The third-order valence-corrected chi connectivity index (χ3v) is 4.41. The standard InChI is InChI=1S/C24H19NO4/c1-27-22-11-6-8-18-15-23(29-24(18)22)20(26)13-12-17-7-2-3-10-21(17)28-16-19-9-4-5-14-25-19/h2-15H,16H2,1H3/b13-12+. The van der Waals surface area contributed by atoms with Crippen LogP contribution in [0.1, 0.15) is 21.8 Å². The maximum Gasteiger partial charge on any atom is 0.221 e. The van der Waals surface area contributed by atoms with E-state index in [0.717, 1.165) is 16.6 Å². The zero-order chi connectivity index (χ0) is 20.1. The zero-order valence-corrected chi connectivity index (χ0v) is 15.9. The highest BCUT2D eigenvalue weighted by molar-refractivity contribution is 6.07. The van der Waals surface area contributed by atoms with Gasteiger partial charge in [0.05, 0.1) is 12.8 Å². The Bertz CT molecular complexity index is 1160. The third-order valence-electron chi connectivity index (χ3n) is 4.41. The number of carbonyl (C=O) groups excluding carboxylic acids is 1. The summed E-state index contributed by atoms with van der Waals surface area (Å²) < 4.78 is 16.9. The molecule has 0 aliphatic heterocycles. The van der Waals surface area contributed by atoms with Crippen molar-refractivity contribution in [1.29, 1.82) is 0 Å². The third kappa shape index (κ3) is 4.19. The van der Waals surface area contributed by atoms with Gasteiger partial charge in [0.15, 0.2) is 17.1 Å². The number of hydrogen-bond donors (Lipinski definition) is 0. The molecular weight excluding hydrogens is 366 g/mol. The average Bonchev–Trinajstić information content (AvgIpc) is 3.22. The van der Waals surface area contributed by atoms with E-state index in [1.54, 1.807) is 31.5 Å². The van der Waals surface area contributed by atoms with Crippen molar-refractivity contribution >= 4 is 22.8 Å². The zero-order valence-electron chi connectivity index (χ0n) is 15.9. The lowest BCUT2D eigenvalue weighted by Crippen LogP contribution is -1.99. The number of nitrogens with zero attached hydrogens (tertiary/aromatic N) is 1. The summed E-state index contributed by atoms with van der Waals surface area (Å²) >= 11 is 0. The molecule has 2 aromatic heterocycles. The first-order valence-electron chi connectivity index (χ1n) is 9.15. The molecule has 144 valence electrons. The highest BCUT2D eigenvalue weighted by Crippen LogP contribution is 2.29. The molecule has 4 aromatic rings. The van der Waals surface area contributed by atoms with E-state index in [0.29, 0.717) is 23.7 Å². The number of rotatable bonds is 7. The number of carbonyl (C=O) groups is 1. The number of ether oxygens (including phenoxy) is 2. The molecule has 0 bridgehead atoms. The van der Waals surface area contributed by atoms with E-state index in [9.17, 15) is 4.79 Å². The molecule has 0 saturated heterocycles. The average molecular weight is 385 g/mol.